The van der Waals surface area contributed by atoms with E-state index in [4.69, 9.17) is 4.74 Å². The topological polar surface area (TPSA) is 68.4 Å². The number of rotatable bonds is 2. The van der Waals surface area contributed by atoms with E-state index in [1.165, 1.54) is 16.0 Å². The summed E-state index contributed by atoms with van der Waals surface area (Å²) in [6.07, 6.45) is 0. The van der Waals surface area contributed by atoms with Gasteiger partial charge in [-0.15, -0.1) is 11.8 Å². The largest absolute Gasteiger partial charge is 0.611 e. The molecule has 0 saturated heterocycles. The van der Waals surface area contributed by atoms with Crippen LogP contribution in [0.4, 0.5) is 17.1 Å². The molecule has 3 atom stereocenters. The molecule has 3 heterocycles. The second-order valence-corrected chi connectivity index (χ2v) is 10.6. The summed E-state index contributed by atoms with van der Waals surface area (Å²) in [6.45, 7) is 1.38. The van der Waals surface area contributed by atoms with Crippen molar-refractivity contribution in [1.29, 1.82) is 0 Å². The molecule has 0 fully saturated rings. The van der Waals surface area contributed by atoms with Crippen LogP contribution >= 0.6 is 11.8 Å². The lowest BCUT2D eigenvalue weighted by Crippen LogP contribution is -2.25. The van der Waals surface area contributed by atoms with Gasteiger partial charge in [0.2, 0.25) is 0 Å². The maximum absolute atomic E-state index is 12.2. The number of ether oxygens (including phenoxy) is 1. The Morgan fingerprint density at radius 3 is 2.68 bits per heavy atom. The Labute approximate surface area is 189 Å². The normalized spacial score (nSPS) is 23.7. The van der Waals surface area contributed by atoms with Crippen LogP contribution in [0.2, 0.25) is 0 Å². The van der Waals surface area contributed by atoms with Crippen LogP contribution in [0.5, 0.6) is 5.75 Å². The number of para-hydroxylation sites is 2. The third-order valence-corrected chi connectivity index (χ3v) is 8.61. The molecule has 6 rings (SSSR count). The maximum atomic E-state index is 12.2. The lowest BCUT2D eigenvalue weighted by Gasteiger charge is -2.31. The molecule has 3 aromatic carbocycles. The van der Waals surface area contributed by atoms with Crippen LogP contribution < -0.4 is 20.7 Å². The van der Waals surface area contributed by atoms with Crippen LogP contribution in [-0.4, -0.2) is 29.2 Å². The van der Waals surface area contributed by atoms with Crippen molar-refractivity contribution >= 4 is 40.0 Å². The van der Waals surface area contributed by atoms with E-state index in [2.05, 4.69) is 52.3 Å². The van der Waals surface area contributed by atoms with Crippen molar-refractivity contribution < 1.29 is 9.29 Å². The van der Waals surface area contributed by atoms with Gasteiger partial charge in [-0.1, -0.05) is 24.3 Å². The van der Waals surface area contributed by atoms with Crippen molar-refractivity contribution in [2.24, 2.45) is 0 Å². The Hall–Kier alpha value is -2.48. The molecule has 3 unspecified atom stereocenters. The number of benzene rings is 3. The second kappa shape index (κ2) is 7.89. The minimum Gasteiger partial charge on any atom is -0.611 e. The SMILES string of the molecule is [O-][S+]1CCNc2cc(C3CSc4ccc(C5COc6ccccc6N5)cc4N3)ccc21. The smallest absolute Gasteiger partial charge is 0.175 e. The number of hydrogen-bond donors (Lipinski definition) is 3. The van der Waals surface area contributed by atoms with Gasteiger partial charge in [0.15, 0.2) is 4.90 Å². The zero-order valence-corrected chi connectivity index (χ0v) is 18.5. The summed E-state index contributed by atoms with van der Waals surface area (Å²) >= 11 is 0.986. The minimum absolute atomic E-state index is 0.121. The molecule has 0 amide bonds. The zero-order valence-electron chi connectivity index (χ0n) is 16.9. The highest BCUT2D eigenvalue weighted by molar-refractivity contribution is 7.99. The fourth-order valence-electron chi connectivity index (χ4n) is 4.37. The fourth-order valence-corrected chi connectivity index (χ4v) is 6.53. The minimum atomic E-state index is -0.893. The van der Waals surface area contributed by atoms with E-state index < -0.39 is 11.2 Å². The van der Waals surface area contributed by atoms with Crippen molar-refractivity contribution in [3.05, 3.63) is 71.8 Å². The third kappa shape index (κ3) is 3.60. The molecule has 0 aliphatic carbocycles. The molecule has 0 radical (unpaired) electrons. The molecule has 5 nitrogen and oxygen atoms in total. The molecule has 0 spiro atoms. The fraction of sp³-hybridized carbons (Fsp3) is 0.250. The number of thioether (sulfide) groups is 1. The molecule has 3 aliphatic heterocycles. The van der Waals surface area contributed by atoms with E-state index in [9.17, 15) is 4.55 Å². The summed E-state index contributed by atoms with van der Waals surface area (Å²) in [6, 6.07) is 21.3. The first-order chi connectivity index (χ1) is 15.2. The lowest BCUT2D eigenvalue weighted by molar-refractivity contribution is 0.286. The molecule has 158 valence electrons. The molecule has 3 N–H and O–H groups in total. The Morgan fingerprint density at radius 1 is 0.903 bits per heavy atom. The molecule has 7 heteroatoms. The Bertz CT molecular complexity index is 1140. The summed E-state index contributed by atoms with van der Waals surface area (Å²) in [4.78, 5) is 2.19. The highest BCUT2D eigenvalue weighted by Gasteiger charge is 2.26. The van der Waals surface area contributed by atoms with Gasteiger partial charge in [0.25, 0.3) is 0 Å². The average molecular weight is 450 g/mol. The molecular formula is C24H23N3O2S2. The van der Waals surface area contributed by atoms with Crippen LogP contribution in [0.3, 0.4) is 0 Å². The van der Waals surface area contributed by atoms with Crippen LogP contribution in [-0.2, 0) is 11.2 Å². The van der Waals surface area contributed by atoms with E-state index >= 15 is 0 Å². The molecule has 3 aromatic rings. The van der Waals surface area contributed by atoms with E-state index in [1.807, 2.05) is 36.0 Å². The van der Waals surface area contributed by atoms with Gasteiger partial charge in [0, 0.05) is 16.3 Å². The number of anilines is 3. The van der Waals surface area contributed by atoms with Gasteiger partial charge < -0.3 is 25.2 Å². The Balaban J connectivity index is 1.24. The predicted molar refractivity (Wildman–Crippen MR) is 128 cm³/mol. The van der Waals surface area contributed by atoms with Gasteiger partial charge in [-0.2, -0.15) is 0 Å². The molecule has 0 bridgehead atoms. The van der Waals surface area contributed by atoms with E-state index in [1.54, 1.807) is 0 Å². The molecule has 0 aromatic heterocycles. The van der Waals surface area contributed by atoms with Gasteiger partial charge >= 0.3 is 0 Å². The average Bonchev–Trinajstić information content (AvgIpc) is 2.83. The van der Waals surface area contributed by atoms with Crippen molar-refractivity contribution in [3.8, 4) is 5.75 Å². The third-order valence-electron chi connectivity index (χ3n) is 6.02. The summed E-state index contributed by atoms with van der Waals surface area (Å²) in [7, 11) is 0. The number of hydrogen-bond acceptors (Lipinski definition) is 6. The monoisotopic (exact) mass is 449 g/mol. The van der Waals surface area contributed by atoms with Crippen LogP contribution in [0, 0.1) is 0 Å². The molecule has 3 aliphatic rings. The van der Waals surface area contributed by atoms with Crippen LogP contribution in [0.15, 0.2) is 70.5 Å². The van der Waals surface area contributed by atoms with Crippen molar-refractivity contribution in [2.45, 2.75) is 21.9 Å². The van der Waals surface area contributed by atoms with Crippen molar-refractivity contribution in [2.75, 3.05) is 40.6 Å². The van der Waals surface area contributed by atoms with Crippen LogP contribution in [0.25, 0.3) is 0 Å². The van der Waals surface area contributed by atoms with Gasteiger partial charge in [-0.25, -0.2) is 0 Å². The van der Waals surface area contributed by atoms with Crippen molar-refractivity contribution in [1.82, 2.24) is 0 Å². The zero-order chi connectivity index (χ0) is 20.8. The first-order valence-corrected chi connectivity index (χ1v) is 12.8. The maximum Gasteiger partial charge on any atom is 0.175 e. The number of nitrogens with one attached hydrogen (secondary N) is 3. The van der Waals surface area contributed by atoms with E-state index in [-0.39, 0.29) is 12.1 Å². The lowest BCUT2D eigenvalue weighted by atomic mass is 10.0. The first-order valence-electron chi connectivity index (χ1n) is 10.5. The standard InChI is InChI=1S/C24H23N3O2S2/c28-31-10-9-25-19-12-16(6-8-24(19)31)21-14-30-23-7-5-15(11-18(23)27-21)20-13-29-22-4-2-1-3-17(22)26-20/h1-8,11-12,20-21,25-27H,9-10,13-14H2. The molecule has 31 heavy (non-hydrogen) atoms. The Morgan fingerprint density at radius 2 is 1.71 bits per heavy atom. The van der Waals surface area contributed by atoms with Crippen molar-refractivity contribution in [3.63, 3.8) is 0 Å². The highest BCUT2D eigenvalue weighted by Crippen LogP contribution is 2.42. The van der Waals surface area contributed by atoms with E-state index in [0.29, 0.717) is 12.4 Å². The molecular weight excluding hydrogens is 426 g/mol. The quantitative estimate of drug-likeness (QED) is 0.477. The second-order valence-electron chi connectivity index (χ2n) is 8.00. The van der Waals surface area contributed by atoms with Gasteiger partial charge in [0.05, 0.1) is 30.0 Å². The summed E-state index contributed by atoms with van der Waals surface area (Å²) < 4.78 is 18.2. The summed E-state index contributed by atoms with van der Waals surface area (Å²) in [5, 5.41) is 10.7. The summed E-state index contributed by atoms with van der Waals surface area (Å²) in [5.41, 5.74) is 5.64. The molecule has 0 saturated carbocycles. The predicted octanol–water partition coefficient (Wildman–Crippen LogP) is 5.02. The van der Waals surface area contributed by atoms with Gasteiger partial charge in [0.1, 0.15) is 18.1 Å². The van der Waals surface area contributed by atoms with Gasteiger partial charge in [-0.05, 0) is 58.7 Å². The first kappa shape index (κ1) is 19.2. The highest BCUT2D eigenvalue weighted by atomic mass is 32.2. The van der Waals surface area contributed by atoms with Crippen LogP contribution in [0.1, 0.15) is 23.2 Å². The van der Waals surface area contributed by atoms with Gasteiger partial charge in [-0.3, -0.25) is 0 Å². The van der Waals surface area contributed by atoms with E-state index in [0.717, 1.165) is 40.0 Å². The number of fused-ring (bicyclic) bond motifs is 3. The summed E-state index contributed by atoms with van der Waals surface area (Å²) in [5.74, 6) is 2.56. The Kier molecular flexibility index (Phi) is 4.89.